The Kier molecular flexibility index (Phi) is 13.7. The van der Waals surface area contributed by atoms with Crippen LogP contribution in [0.2, 0.25) is 3.93 Å². The molecule has 14 heavy (non-hydrogen) atoms. The van der Waals surface area contributed by atoms with E-state index >= 15 is 0 Å². The van der Waals surface area contributed by atoms with Crippen LogP contribution in [0.1, 0.15) is 51.9 Å². The topological polar surface area (TPSA) is 9.23 Å². The molecule has 0 saturated heterocycles. The van der Waals surface area contributed by atoms with E-state index in [-0.39, 0.29) is 0 Å². The van der Waals surface area contributed by atoms with Crippen molar-refractivity contribution in [2.24, 2.45) is 0 Å². The number of hydrogen-bond donors (Lipinski definition) is 0. The summed E-state index contributed by atoms with van der Waals surface area (Å²) >= 11 is 3.03. The Balaban J connectivity index is 3.15. The molecule has 0 saturated carbocycles. The van der Waals surface area contributed by atoms with E-state index in [2.05, 4.69) is 18.8 Å². The van der Waals surface area contributed by atoms with Crippen LogP contribution < -0.4 is 0 Å². The van der Waals surface area contributed by atoms with Gasteiger partial charge in [-0.1, -0.05) is 0 Å². The van der Waals surface area contributed by atoms with Crippen LogP contribution in [-0.2, 0) is 26.9 Å². The molecule has 0 aliphatic carbocycles. The van der Waals surface area contributed by atoms with Crippen molar-refractivity contribution in [1.29, 1.82) is 0 Å². The Bertz CT molecular complexity index is 111. The van der Waals surface area contributed by atoms with Crippen LogP contribution in [0.5, 0.6) is 0 Å². The minimum absolute atomic E-state index is 0.571. The van der Waals surface area contributed by atoms with Gasteiger partial charge in [0.25, 0.3) is 0 Å². The molecule has 0 radical (unpaired) electrons. The first-order valence-electron chi connectivity index (χ1n) is 5.93. The molecule has 0 aliphatic rings. The normalized spacial score (nSPS) is 12.5. The third kappa shape index (κ3) is 9.91. The molecular formula is C11H23BrHgO. The first-order chi connectivity index (χ1) is 6.85. The first-order valence-corrected chi connectivity index (χ1v) is 21.7. The molecule has 0 bridgehead atoms. The predicted molar refractivity (Wildman–Crippen MR) is 62.5 cm³/mol. The van der Waals surface area contributed by atoms with Crippen LogP contribution in [-0.4, -0.2) is 13.2 Å². The Morgan fingerprint density at radius 2 is 1.79 bits per heavy atom. The van der Waals surface area contributed by atoms with Crippen molar-refractivity contribution in [2.45, 2.75) is 61.9 Å². The van der Waals surface area contributed by atoms with Gasteiger partial charge in [0.2, 0.25) is 0 Å². The zero-order valence-electron chi connectivity index (χ0n) is 9.73. The van der Waals surface area contributed by atoms with E-state index in [9.17, 15) is 0 Å². The monoisotopic (exact) mass is 452 g/mol. The maximum absolute atomic E-state index is 5.44. The van der Waals surface area contributed by atoms with Gasteiger partial charge in [-0.15, -0.1) is 0 Å². The van der Waals surface area contributed by atoms with E-state index in [0.717, 1.165) is 0 Å². The fourth-order valence-corrected chi connectivity index (χ4v) is 9.12. The summed E-state index contributed by atoms with van der Waals surface area (Å²) < 4.78 is 6.81. The third-order valence-electron chi connectivity index (χ3n) is 2.64. The van der Waals surface area contributed by atoms with Gasteiger partial charge in [-0.2, -0.15) is 0 Å². The third-order valence-corrected chi connectivity index (χ3v) is 10.0. The van der Waals surface area contributed by atoms with E-state index < -0.39 is 22.1 Å². The molecule has 0 N–H and O–H groups in total. The van der Waals surface area contributed by atoms with Crippen molar-refractivity contribution >= 4 is 11.9 Å². The second-order valence-electron chi connectivity index (χ2n) is 3.89. The Morgan fingerprint density at radius 3 is 2.36 bits per heavy atom. The van der Waals surface area contributed by atoms with Crippen LogP contribution in [0, 0.1) is 0 Å². The number of halogens is 1. The molecule has 3 heteroatoms. The number of methoxy groups -OCH3 is 1. The molecule has 0 aromatic heterocycles. The summed E-state index contributed by atoms with van der Waals surface area (Å²) in [5.74, 6) is 0. The number of ether oxygens (including phenoxy) is 1. The predicted octanol–water partition coefficient (Wildman–Crippen LogP) is 4.56. The van der Waals surface area contributed by atoms with E-state index in [1.807, 2.05) is 7.11 Å². The minimum atomic E-state index is -0.641. The molecule has 0 amide bonds. The summed E-state index contributed by atoms with van der Waals surface area (Å²) in [5.41, 5.74) is 0. The summed E-state index contributed by atoms with van der Waals surface area (Å²) in [5, 5.41) is 0. The van der Waals surface area contributed by atoms with E-state index in [1.54, 1.807) is 0 Å². The molecule has 0 aliphatic heterocycles. The first kappa shape index (κ1) is 15.4. The van der Waals surface area contributed by atoms with Gasteiger partial charge < -0.3 is 0 Å². The van der Waals surface area contributed by atoms with E-state index in [4.69, 9.17) is 4.74 Å². The number of hydrogen-bond acceptors (Lipinski definition) is 1. The van der Waals surface area contributed by atoms with Crippen molar-refractivity contribution in [3.8, 4) is 0 Å². The second kappa shape index (κ2) is 12.4. The van der Waals surface area contributed by atoms with Gasteiger partial charge >= 0.3 is 108 Å². The second-order valence-corrected chi connectivity index (χ2v) is 14.6. The molecule has 0 aromatic carbocycles. The standard InChI is InChI=1S/C11H23O.BrH.Hg/c1-4-5-6-7-8-9-10-11(2)12-3;;/h11H,2,4-10H2,1,3H3;1H;/q;;+1/p-1. The molecule has 82 valence electrons. The van der Waals surface area contributed by atoms with Crippen molar-refractivity contribution in [1.82, 2.24) is 0 Å². The number of unbranched alkanes of at least 4 members (excludes halogenated alkanes) is 5. The summed E-state index contributed by atoms with van der Waals surface area (Å²) in [4.78, 5) is 0. The van der Waals surface area contributed by atoms with Crippen LogP contribution >= 0.6 is 11.9 Å². The quantitative estimate of drug-likeness (QED) is 0.349. The van der Waals surface area contributed by atoms with Gasteiger partial charge in [0.1, 0.15) is 0 Å². The zero-order valence-corrected chi connectivity index (χ0v) is 16.8. The Hall–Kier alpha value is 1.38. The van der Waals surface area contributed by atoms with Gasteiger partial charge in [-0.05, 0) is 0 Å². The van der Waals surface area contributed by atoms with Crippen molar-refractivity contribution < 1.29 is 26.9 Å². The summed E-state index contributed by atoms with van der Waals surface area (Å²) in [6.07, 6.45) is 10.2. The van der Waals surface area contributed by atoms with Gasteiger partial charge in [0.05, 0.1) is 0 Å². The molecule has 0 rings (SSSR count). The van der Waals surface area contributed by atoms with Crippen LogP contribution in [0.4, 0.5) is 0 Å². The molecule has 1 nitrogen and oxygen atoms in total. The van der Waals surface area contributed by atoms with Gasteiger partial charge in [-0.3, -0.25) is 0 Å². The SMILES string of the molecule is CCCCCCCCC([CH2][Hg][Br])OC. The zero-order chi connectivity index (χ0) is 10.6. The summed E-state index contributed by atoms with van der Waals surface area (Å²) in [6, 6.07) is 0. The van der Waals surface area contributed by atoms with Crippen molar-refractivity contribution in [3.63, 3.8) is 0 Å². The maximum atomic E-state index is 5.44. The Morgan fingerprint density at radius 1 is 1.14 bits per heavy atom. The summed E-state index contributed by atoms with van der Waals surface area (Å²) in [7, 11) is 1.86. The fourth-order valence-electron chi connectivity index (χ4n) is 1.65. The van der Waals surface area contributed by atoms with Gasteiger partial charge in [-0.25, -0.2) is 0 Å². The average molecular weight is 452 g/mol. The molecule has 0 aromatic rings. The van der Waals surface area contributed by atoms with Crippen LogP contribution in [0.15, 0.2) is 0 Å². The molecule has 1 unspecified atom stereocenters. The van der Waals surface area contributed by atoms with Crippen molar-refractivity contribution in [2.75, 3.05) is 7.11 Å². The average Bonchev–Trinajstić information content (AvgIpc) is 2.21. The molecule has 1 atom stereocenters. The van der Waals surface area contributed by atoms with Gasteiger partial charge in [0, 0.05) is 0 Å². The number of rotatable bonds is 10. The molecule has 0 fully saturated rings. The molecule has 0 spiro atoms. The Labute approximate surface area is 107 Å². The summed E-state index contributed by atoms with van der Waals surface area (Å²) in [6.45, 7) is 2.27. The fraction of sp³-hybridized carbons (Fsp3) is 1.00. The molecule has 0 heterocycles. The van der Waals surface area contributed by atoms with E-state index in [0.29, 0.717) is 6.10 Å². The van der Waals surface area contributed by atoms with E-state index in [1.165, 1.54) is 48.9 Å². The molecular weight excluding hydrogens is 429 g/mol. The van der Waals surface area contributed by atoms with Crippen LogP contribution in [0.3, 0.4) is 0 Å². The van der Waals surface area contributed by atoms with Gasteiger partial charge in [0.15, 0.2) is 0 Å². The van der Waals surface area contributed by atoms with Crippen LogP contribution in [0.25, 0.3) is 0 Å². The van der Waals surface area contributed by atoms with Crippen molar-refractivity contribution in [3.05, 3.63) is 0 Å².